The van der Waals surface area contributed by atoms with Crippen LogP contribution in [-0.2, 0) is 11.8 Å². The van der Waals surface area contributed by atoms with E-state index in [1.165, 1.54) is 7.11 Å². The zero-order chi connectivity index (χ0) is 11.7. The predicted molar refractivity (Wildman–Crippen MR) is 53.2 cm³/mol. The third kappa shape index (κ3) is 1.60. The molecule has 1 aromatic heterocycles. The maximum Gasteiger partial charge on any atom is 0.340 e. The lowest BCUT2D eigenvalue weighted by molar-refractivity contribution is 0.0582. The molecule has 0 aliphatic rings. The molecule has 0 aromatic carbocycles. The fraction of sp³-hybridized carbons (Fsp3) is 0.400. The van der Waals surface area contributed by atoms with Crippen molar-refractivity contribution in [3.8, 4) is 0 Å². The second-order valence-corrected chi connectivity index (χ2v) is 3.28. The summed E-state index contributed by atoms with van der Waals surface area (Å²) in [4.78, 5) is 22.4. The van der Waals surface area contributed by atoms with E-state index < -0.39 is 11.9 Å². The number of methoxy groups -OCH3 is 1. The normalized spacial score (nSPS) is 10.1. The van der Waals surface area contributed by atoms with Gasteiger partial charge >= 0.3 is 11.9 Å². The van der Waals surface area contributed by atoms with E-state index in [-0.39, 0.29) is 11.1 Å². The first kappa shape index (κ1) is 11.3. The molecule has 0 saturated heterocycles. The van der Waals surface area contributed by atoms with Crippen LogP contribution in [0.1, 0.15) is 32.1 Å². The molecule has 5 nitrogen and oxygen atoms in total. The molecule has 82 valence electrons. The van der Waals surface area contributed by atoms with Crippen molar-refractivity contribution >= 4 is 11.9 Å². The molecule has 1 N–H and O–H groups in total. The van der Waals surface area contributed by atoms with Gasteiger partial charge in [-0.1, -0.05) is 0 Å². The molecular formula is C10H13NO4. The van der Waals surface area contributed by atoms with E-state index in [9.17, 15) is 9.59 Å². The van der Waals surface area contributed by atoms with Gasteiger partial charge in [0, 0.05) is 18.4 Å². The van der Waals surface area contributed by atoms with Crippen LogP contribution in [0.5, 0.6) is 0 Å². The summed E-state index contributed by atoms with van der Waals surface area (Å²) >= 11 is 0. The first-order valence-electron chi connectivity index (χ1n) is 4.39. The van der Waals surface area contributed by atoms with Gasteiger partial charge in [0.05, 0.1) is 18.2 Å². The van der Waals surface area contributed by atoms with Crippen LogP contribution >= 0.6 is 0 Å². The fourth-order valence-electron chi connectivity index (χ4n) is 1.56. The number of aromatic nitrogens is 1. The molecule has 15 heavy (non-hydrogen) atoms. The Morgan fingerprint density at radius 3 is 2.07 bits per heavy atom. The van der Waals surface area contributed by atoms with Gasteiger partial charge in [-0.2, -0.15) is 0 Å². The largest absolute Gasteiger partial charge is 0.478 e. The highest BCUT2D eigenvalue weighted by molar-refractivity contribution is 6.04. The highest BCUT2D eigenvalue weighted by atomic mass is 16.5. The summed E-state index contributed by atoms with van der Waals surface area (Å²) in [5.41, 5.74) is 1.28. The summed E-state index contributed by atoms with van der Waals surface area (Å²) < 4.78 is 6.22. The first-order chi connectivity index (χ1) is 6.91. The Morgan fingerprint density at radius 1 is 1.20 bits per heavy atom. The van der Waals surface area contributed by atoms with E-state index in [1.807, 2.05) is 0 Å². The zero-order valence-electron chi connectivity index (χ0n) is 9.12. The Morgan fingerprint density at radius 2 is 1.67 bits per heavy atom. The van der Waals surface area contributed by atoms with E-state index in [0.29, 0.717) is 11.4 Å². The minimum Gasteiger partial charge on any atom is -0.478 e. The maximum absolute atomic E-state index is 11.4. The molecule has 1 aromatic rings. The average molecular weight is 211 g/mol. The molecule has 0 amide bonds. The minimum absolute atomic E-state index is 0.0156. The summed E-state index contributed by atoms with van der Waals surface area (Å²) in [5, 5.41) is 9.01. The number of hydrogen-bond donors (Lipinski definition) is 1. The lowest BCUT2D eigenvalue weighted by Crippen LogP contribution is -2.09. The monoisotopic (exact) mass is 211 g/mol. The molecule has 1 rings (SSSR count). The van der Waals surface area contributed by atoms with E-state index in [1.54, 1.807) is 25.5 Å². The van der Waals surface area contributed by atoms with Crippen molar-refractivity contribution < 1.29 is 19.4 Å². The quantitative estimate of drug-likeness (QED) is 0.744. The number of esters is 1. The zero-order valence-corrected chi connectivity index (χ0v) is 9.12. The minimum atomic E-state index is -1.11. The van der Waals surface area contributed by atoms with Crippen molar-refractivity contribution in [3.05, 3.63) is 22.5 Å². The lowest BCUT2D eigenvalue weighted by atomic mass is 10.1. The van der Waals surface area contributed by atoms with E-state index in [2.05, 4.69) is 4.74 Å². The highest BCUT2D eigenvalue weighted by Crippen LogP contribution is 2.21. The number of rotatable bonds is 2. The van der Waals surface area contributed by atoms with Gasteiger partial charge in [0.25, 0.3) is 0 Å². The Hall–Kier alpha value is -1.78. The molecule has 0 radical (unpaired) electrons. The van der Waals surface area contributed by atoms with Crippen LogP contribution < -0.4 is 0 Å². The predicted octanol–water partition coefficient (Wildman–Crippen LogP) is 1.13. The lowest BCUT2D eigenvalue weighted by Gasteiger charge is -2.00. The average Bonchev–Trinajstić information content (AvgIpc) is 2.41. The molecular weight excluding hydrogens is 198 g/mol. The Labute approximate surface area is 87.3 Å². The van der Waals surface area contributed by atoms with Crippen LogP contribution in [0.4, 0.5) is 0 Å². The Balaban J connectivity index is 3.55. The molecule has 0 fully saturated rings. The van der Waals surface area contributed by atoms with E-state index in [0.717, 1.165) is 0 Å². The number of aromatic carboxylic acids is 1. The number of nitrogens with zero attached hydrogens (tertiary/aromatic N) is 1. The molecule has 0 atom stereocenters. The molecule has 0 aliphatic carbocycles. The van der Waals surface area contributed by atoms with Crippen LogP contribution in [0, 0.1) is 13.8 Å². The number of carboxylic acid groups (broad SMARTS) is 1. The molecule has 0 spiro atoms. The van der Waals surface area contributed by atoms with Crippen molar-refractivity contribution in [2.75, 3.05) is 7.11 Å². The van der Waals surface area contributed by atoms with Gasteiger partial charge in [-0.3, -0.25) is 0 Å². The van der Waals surface area contributed by atoms with Crippen molar-refractivity contribution in [1.29, 1.82) is 0 Å². The van der Waals surface area contributed by atoms with Crippen LogP contribution in [0.2, 0.25) is 0 Å². The van der Waals surface area contributed by atoms with E-state index >= 15 is 0 Å². The van der Waals surface area contributed by atoms with Gasteiger partial charge < -0.3 is 14.4 Å². The highest BCUT2D eigenvalue weighted by Gasteiger charge is 2.26. The Kier molecular flexibility index (Phi) is 2.83. The van der Waals surface area contributed by atoms with Gasteiger partial charge in [0.2, 0.25) is 0 Å². The SMILES string of the molecule is COC(=O)c1c(C(=O)O)c(C)n(C)c1C. The summed E-state index contributed by atoms with van der Waals surface area (Å²) in [6.07, 6.45) is 0. The number of carboxylic acids is 1. The second kappa shape index (κ2) is 3.76. The van der Waals surface area contributed by atoms with Crippen LogP contribution in [0.15, 0.2) is 0 Å². The molecule has 0 bridgehead atoms. The molecule has 0 unspecified atom stereocenters. The maximum atomic E-state index is 11.4. The van der Waals surface area contributed by atoms with E-state index in [4.69, 9.17) is 5.11 Å². The van der Waals surface area contributed by atoms with Crippen molar-refractivity contribution in [1.82, 2.24) is 4.57 Å². The van der Waals surface area contributed by atoms with Gasteiger partial charge in [-0.15, -0.1) is 0 Å². The smallest absolute Gasteiger partial charge is 0.340 e. The molecule has 0 aliphatic heterocycles. The first-order valence-corrected chi connectivity index (χ1v) is 4.39. The number of hydrogen-bond acceptors (Lipinski definition) is 3. The molecule has 5 heteroatoms. The third-order valence-corrected chi connectivity index (χ3v) is 2.58. The van der Waals surface area contributed by atoms with Gasteiger partial charge in [-0.25, -0.2) is 9.59 Å². The van der Waals surface area contributed by atoms with Crippen LogP contribution in [-0.4, -0.2) is 28.7 Å². The van der Waals surface area contributed by atoms with Crippen molar-refractivity contribution in [3.63, 3.8) is 0 Å². The van der Waals surface area contributed by atoms with Crippen LogP contribution in [0.25, 0.3) is 0 Å². The fourth-order valence-corrected chi connectivity index (χ4v) is 1.56. The second-order valence-electron chi connectivity index (χ2n) is 3.28. The summed E-state index contributed by atoms with van der Waals surface area (Å²) in [6, 6.07) is 0. The standard InChI is InChI=1S/C10H13NO4/c1-5-7(9(12)13)8(10(14)15-4)6(2)11(5)3/h1-4H3,(H,12,13). The summed E-state index contributed by atoms with van der Waals surface area (Å²) in [7, 11) is 2.94. The molecule has 0 saturated carbocycles. The Bertz CT molecular complexity index is 431. The third-order valence-electron chi connectivity index (χ3n) is 2.58. The summed E-state index contributed by atoms with van der Waals surface area (Å²) in [6.45, 7) is 3.34. The van der Waals surface area contributed by atoms with Crippen molar-refractivity contribution in [2.24, 2.45) is 7.05 Å². The van der Waals surface area contributed by atoms with Gasteiger partial charge in [0.1, 0.15) is 0 Å². The molecule has 1 heterocycles. The van der Waals surface area contributed by atoms with Crippen LogP contribution in [0.3, 0.4) is 0 Å². The van der Waals surface area contributed by atoms with Gasteiger partial charge in [-0.05, 0) is 13.8 Å². The van der Waals surface area contributed by atoms with Gasteiger partial charge in [0.15, 0.2) is 0 Å². The number of ether oxygens (including phenoxy) is 1. The summed E-state index contributed by atoms with van der Waals surface area (Å²) in [5.74, 6) is -1.73. The number of carbonyl (C=O) groups is 2. The van der Waals surface area contributed by atoms with Crippen molar-refractivity contribution in [2.45, 2.75) is 13.8 Å². The number of carbonyl (C=O) groups excluding carboxylic acids is 1. The topological polar surface area (TPSA) is 68.5 Å².